The van der Waals surface area contributed by atoms with Gasteiger partial charge in [-0.3, -0.25) is 9.79 Å². The molecule has 2 aromatic carbocycles. The van der Waals surface area contributed by atoms with E-state index in [-0.39, 0.29) is 35.1 Å². The maximum atomic E-state index is 13.1. The van der Waals surface area contributed by atoms with Crippen molar-refractivity contribution < 1.29 is 13.9 Å². The summed E-state index contributed by atoms with van der Waals surface area (Å²) in [5.41, 5.74) is 1.30. The van der Waals surface area contributed by atoms with Gasteiger partial charge in [0.05, 0.1) is 19.3 Å². The number of ether oxygens (including phenoxy) is 1. The summed E-state index contributed by atoms with van der Waals surface area (Å²) in [7, 11) is 1.61. The Kier molecular flexibility index (Phi) is 7.33. The summed E-state index contributed by atoms with van der Waals surface area (Å²) >= 11 is 0. The van der Waals surface area contributed by atoms with E-state index >= 15 is 0 Å². The van der Waals surface area contributed by atoms with Gasteiger partial charge in [0.15, 0.2) is 5.78 Å². The Hall–Kier alpha value is -2.21. The van der Waals surface area contributed by atoms with E-state index in [0.717, 1.165) is 37.3 Å². The van der Waals surface area contributed by atoms with E-state index < -0.39 is 0 Å². The highest BCUT2D eigenvalue weighted by Gasteiger charge is 2.22. The first kappa shape index (κ1) is 20.1. The molecule has 1 aliphatic heterocycles. The van der Waals surface area contributed by atoms with Gasteiger partial charge in [-0.25, -0.2) is 4.39 Å². The Morgan fingerprint density at radius 1 is 1.15 bits per heavy atom. The van der Waals surface area contributed by atoms with Crippen LogP contribution >= 0.6 is 17.0 Å². The van der Waals surface area contributed by atoms with Gasteiger partial charge in [-0.15, -0.1) is 17.0 Å². The molecular formula is C20H22BrFN2O2. The monoisotopic (exact) mass is 420 g/mol. The first-order valence-electron chi connectivity index (χ1n) is 8.41. The van der Waals surface area contributed by atoms with Crippen molar-refractivity contribution in [2.75, 3.05) is 25.1 Å². The van der Waals surface area contributed by atoms with Crippen molar-refractivity contribution in [1.82, 2.24) is 0 Å². The van der Waals surface area contributed by atoms with Crippen molar-refractivity contribution in [3.05, 3.63) is 59.9 Å². The second kappa shape index (κ2) is 9.48. The number of benzene rings is 2. The molecule has 0 aromatic heterocycles. The van der Waals surface area contributed by atoms with Gasteiger partial charge in [0.25, 0.3) is 0 Å². The van der Waals surface area contributed by atoms with Gasteiger partial charge < -0.3 is 9.64 Å². The van der Waals surface area contributed by atoms with Crippen LogP contribution in [0.3, 0.4) is 0 Å². The first-order chi connectivity index (χ1) is 12.2. The third-order valence-corrected chi connectivity index (χ3v) is 4.26. The molecule has 0 unspecified atom stereocenters. The summed E-state index contributed by atoms with van der Waals surface area (Å²) in [4.78, 5) is 19.3. The number of rotatable bonds is 5. The van der Waals surface area contributed by atoms with Gasteiger partial charge >= 0.3 is 0 Å². The molecule has 1 heterocycles. The minimum Gasteiger partial charge on any atom is -0.495 e. The molecule has 0 saturated carbocycles. The number of halogens is 2. The summed E-state index contributed by atoms with van der Waals surface area (Å²) in [6, 6.07) is 13.2. The molecule has 0 N–H and O–H groups in total. The minimum absolute atomic E-state index is 0. The Balaban J connectivity index is 0.00000243. The molecule has 1 aliphatic rings. The highest BCUT2D eigenvalue weighted by atomic mass is 79.9. The van der Waals surface area contributed by atoms with Crippen LogP contribution in [0.4, 0.5) is 10.1 Å². The van der Waals surface area contributed by atoms with Crippen LogP contribution in [0.2, 0.25) is 0 Å². The number of carbonyl (C=O) groups is 1. The molecule has 138 valence electrons. The van der Waals surface area contributed by atoms with Crippen molar-refractivity contribution in [2.45, 2.75) is 19.3 Å². The lowest BCUT2D eigenvalue weighted by molar-refractivity contribution is 0.100. The molecule has 0 fully saturated rings. The fraction of sp³-hybridized carbons (Fsp3) is 0.300. The number of methoxy groups -OCH3 is 1. The van der Waals surface area contributed by atoms with Crippen LogP contribution in [0.15, 0.2) is 53.5 Å². The molecular weight excluding hydrogens is 399 g/mol. The highest BCUT2D eigenvalue weighted by Crippen LogP contribution is 2.29. The smallest absolute Gasteiger partial charge is 0.182 e. The highest BCUT2D eigenvalue weighted by molar-refractivity contribution is 8.93. The van der Waals surface area contributed by atoms with Gasteiger partial charge in [-0.05, 0) is 49.2 Å². The minimum atomic E-state index is -0.352. The van der Waals surface area contributed by atoms with E-state index in [1.54, 1.807) is 7.11 Å². The second-order valence-electron chi connectivity index (χ2n) is 5.94. The molecule has 2 aromatic rings. The van der Waals surface area contributed by atoms with E-state index in [4.69, 9.17) is 4.74 Å². The molecule has 0 radical (unpaired) electrons. The van der Waals surface area contributed by atoms with E-state index in [2.05, 4.69) is 4.99 Å². The van der Waals surface area contributed by atoms with Crippen molar-refractivity contribution in [3.8, 4) is 5.75 Å². The van der Waals surface area contributed by atoms with Crippen LogP contribution < -0.4 is 9.64 Å². The Labute approximate surface area is 163 Å². The molecule has 4 nitrogen and oxygen atoms in total. The van der Waals surface area contributed by atoms with Crippen LogP contribution in [-0.4, -0.2) is 31.8 Å². The maximum Gasteiger partial charge on any atom is 0.182 e. The summed E-state index contributed by atoms with van der Waals surface area (Å²) in [6.07, 6.45) is 2.94. The molecule has 0 aliphatic carbocycles. The lowest BCUT2D eigenvalue weighted by atomic mass is 10.1. The fourth-order valence-electron chi connectivity index (χ4n) is 2.94. The number of para-hydroxylation sites is 2. The topological polar surface area (TPSA) is 41.9 Å². The maximum absolute atomic E-state index is 13.1. The third kappa shape index (κ3) is 4.69. The Morgan fingerprint density at radius 2 is 1.88 bits per heavy atom. The number of Topliss-reactive ketones (excluding diaryl/α,β-unsaturated/α-hetero) is 1. The van der Waals surface area contributed by atoms with Crippen molar-refractivity contribution >= 4 is 34.3 Å². The molecule has 0 spiro atoms. The molecule has 26 heavy (non-hydrogen) atoms. The molecule has 0 amide bonds. The van der Waals surface area contributed by atoms with E-state index in [1.807, 2.05) is 29.2 Å². The summed E-state index contributed by atoms with van der Waals surface area (Å²) in [6.45, 7) is 0.913. The van der Waals surface area contributed by atoms with Crippen LogP contribution in [0, 0.1) is 5.82 Å². The van der Waals surface area contributed by atoms with Crippen molar-refractivity contribution in [3.63, 3.8) is 0 Å². The zero-order valence-corrected chi connectivity index (χ0v) is 16.4. The standard InChI is InChI=1S/C20H21FN2O2.BrH/c1-25-19-7-3-2-6-17(19)23(20-8-4-5-13-22-20)14-18(24)15-9-11-16(21)12-10-15;/h2-3,6-7,9-12H,4-5,8,13-14H2,1H3;1H. The van der Waals surface area contributed by atoms with Gasteiger partial charge in [0.2, 0.25) is 0 Å². The Bertz CT molecular complexity index is 778. The first-order valence-corrected chi connectivity index (χ1v) is 8.41. The third-order valence-electron chi connectivity index (χ3n) is 4.26. The number of amidine groups is 1. The predicted molar refractivity (Wildman–Crippen MR) is 108 cm³/mol. The number of ketones is 1. The second-order valence-corrected chi connectivity index (χ2v) is 5.94. The zero-order chi connectivity index (χ0) is 17.6. The fourth-order valence-corrected chi connectivity index (χ4v) is 2.94. The van der Waals surface area contributed by atoms with E-state index in [1.165, 1.54) is 24.3 Å². The molecule has 6 heteroatoms. The molecule has 0 bridgehead atoms. The quantitative estimate of drug-likeness (QED) is 0.659. The SMILES string of the molecule is Br.COc1ccccc1N(CC(=O)c1ccc(F)cc1)C1=NCCCC1. The predicted octanol–water partition coefficient (Wildman–Crippen LogP) is 4.68. The number of aliphatic imine (C=N–C) groups is 1. The zero-order valence-electron chi connectivity index (χ0n) is 14.7. The van der Waals surface area contributed by atoms with Gasteiger partial charge in [0, 0.05) is 18.5 Å². The number of anilines is 1. The molecule has 0 atom stereocenters. The van der Waals surface area contributed by atoms with Gasteiger partial charge in [0.1, 0.15) is 17.4 Å². The van der Waals surface area contributed by atoms with Crippen LogP contribution in [-0.2, 0) is 0 Å². The number of hydrogen-bond acceptors (Lipinski definition) is 4. The normalized spacial score (nSPS) is 13.4. The number of carbonyl (C=O) groups excluding carboxylic acids is 1. The average molecular weight is 421 g/mol. The molecule has 0 saturated heterocycles. The van der Waals surface area contributed by atoms with E-state index in [0.29, 0.717) is 11.3 Å². The lowest BCUT2D eigenvalue weighted by Crippen LogP contribution is -2.37. The van der Waals surface area contributed by atoms with Crippen LogP contribution in [0.1, 0.15) is 29.6 Å². The molecule has 3 rings (SSSR count). The number of hydrogen-bond donors (Lipinski definition) is 0. The van der Waals surface area contributed by atoms with Crippen LogP contribution in [0.25, 0.3) is 0 Å². The largest absolute Gasteiger partial charge is 0.495 e. The van der Waals surface area contributed by atoms with Gasteiger partial charge in [-0.1, -0.05) is 12.1 Å². The van der Waals surface area contributed by atoms with Crippen LogP contribution in [0.5, 0.6) is 5.75 Å². The summed E-state index contributed by atoms with van der Waals surface area (Å²) in [5.74, 6) is 1.16. The van der Waals surface area contributed by atoms with Gasteiger partial charge in [-0.2, -0.15) is 0 Å². The summed E-state index contributed by atoms with van der Waals surface area (Å²) in [5, 5.41) is 0. The number of nitrogens with zero attached hydrogens (tertiary/aromatic N) is 2. The average Bonchev–Trinajstić information content (AvgIpc) is 2.67. The van der Waals surface area contributed by atoms with Crippen molar-refractivity contribution in [2.24, 2.45) is 4.99 Å². The lowest BCUT2D eigenvalue weighted by Gasteiger charge is -2.29. The Morgan fingerprint density at radius 3 is 2.54 bits per heavy atom. The van der Waals surface area contributed by atoms with E-state index in [9.17, 15) is 9.18 Å². The summed E-state index contributed by atoms with van der Waals surface area (Å²) < 4.78 is 18.6. The van der Waals surface area contributed by atoms with Crippen molar-refractivity contribution in [1.29, 1.82) is 0 Å².